The van der Waals surface area contributed by atoms with Crippen LogP contribution in [0, 0.1) is 23.7 Å². The topological polar surface area (TPSA) is 0 Å². The van der Waals surface area contributed by atoms with Crippen LogP contribution in [0.3, 0.4) is 0 Å². The molecule has 0 amide bonds. The Morgan fingerprint density at radius 2 is 1.73 bits per heavy atom. The molecule has 0 aromatic heterocycles. The van der Waals surface area contributed by atoms with Gasteiger partial charge in [-0.2, -0.15) is 0 Å². The van der Waals surface area contributed by atoms with Crippen molar-refractivity contribution in [3.05, 3.63) is 0 Å². The summed E-state index contributed by atoms with van der Waals surface area (Å²) in [6, 6.07) is 0. The minimum Gasteiger partial charge on any atom is -0.0887 e. The van der Waals surface area contributed by atoms with Gasteiger partial charge in [-0.15, -0.1) is 0 Å². The summed E-state index contributed by atoms with van der Waals surface area (Å²) in [5.41, 5.74) is 0. The molecule has 0 aromatic carbocycles. The Labute approximate surface area is 76.9 Å². The van der Waals surface area contributed by atoms with Gasteiger partial charge in [-0.1, -0.05) is 22.4 Å². The molecule has 3 aliphatic rings. The molecule has 0 aliphatic heterocycles. The zero-order valence-electron chi connectivity index (χ0n) is 6.80. The third-order valence-electron chi connectivity index (χ3n) is 4.35. The minimum absolute atomic E-state index is 0.895. The Morgan fingerprint density at radius 1 is 0.909 bits per heavy atom. The van der Waals surface area contributed by atoms with E-state index in [2.05, 4.69) is 15.9 Å². The van der Waals surface area contributed by atoms with Crippen molar-refractivity contribution in [3.8, 4) is 0 Å². The second-order valence-electron chi connectivity index (χ2n) is 4.67. The SMILES string of the molecule is BrC1CC2CC1C1CCCC21. The molecule has 0 heterocycles. The normalized spacial score (nSPS) is 60.3. The van der Waals surface area contributed by atoms with Gasteiger partial charge in [-0.3, -0.25) is 0 Å². The van der Waals surface area contributed by atoms with Crippen LogP contribution in [0.25, 0.3) is 0 Å². The average Bonchev–Trinajstić information content (AvgIpc) is 2.52. The highest BCUT2D eigenvalue weighted by atomic mass is 79.9. The van der Waals surface area contributed by atoms with Crippen molar-refractivity contribution >= 4 is 15.9 Å². The molecule has 3 aliphatic carbocycles. The van der Waals surface area contributed by atoms with Gasteiger partial charge < -0.3 is 0 Å². The van der Waals surface area contributed by atoms with Crippen LogP contribution < -0.4 is 0 Å². The first kappa shape index (κ1) is 6.94. The molecule has 1 heteroatoms. The second kappa shape index (κ2) is 2.25. The highest BCUT2D eigenvalue weighted by Crippen LogP contribution is 2.60. The largest absolute Gasteiger partial charge is 0.0887 e. The molecule has 0 spiro atoms. The van der Waals surface area contributed by atoms with Gasteiger partial charge in [-0.25, -0.2) is 0 Å². The quantitative estimate of drug-likeness (QED) is 0.544. The van der Waals surface area contributed by atoms with Crippen molar-refractivity contribution in [1.29, 1.82) is 0 Å². The average molecular weight is 215 g/mol. The molecule has 3 fully saturated rings. The van der Waals surface area contributed by atoms with Crippen molar-refractivity contribution in [1.82, 2.24) is 0 Å². The lowest BCUT2D eigenvalue weighted by Crippen LogP contribution is -2.24. The summed E-state index contributed by atoms with van der Waals surface area (Å²) >= 11 is 3.83. The molecule has 3 saturated carbocycles. The predicted molar refractivity (Wildman–Crippen MR) is 49.8 cm³/mol. The lowest BCUT2D eigenvalue weighted by Gasteiger charge is -2.27. The van der Waals surface area contributed by atoms with E-state index in [0.29, 0.717) is 0 Å². The lowest BCUT2D eigenvalue weighted by molar-refractivity contribution is 0.268. The van der Waals surface area contributed by atoms with Gasteiger partial charge in [0.1, 0.15) is 0 Å². The van der Waals surface area contributed by atoms with Crippen molar-refractivity contribution < 1.29 is 0 Å². The third-order valence-corrected chi connectivity index (χ3v) is 5.40. The summed E-state index contributed by atoms with van der Waals surface area (Å²) in [6.45, 7) is 0. The standard InChI is InChI=1S/C10H15Br/c11-10-5-6-4-9(10)8-3-1-2-7(6)8/h6-10H,1-5H2. The monoisotopic (exact) mass is 214 g/mol. The molecule has 3 rings (SSSR count). The van der Waals surface area contributed by atoms with E-state index < -0.39 is 0 Å². The summed E-state index contributed by atoms with van der Waals surface area (Å²) in [6.07, 6.45) is 7.69. The zero-order chi connectivity index (χ0) is 7.42. The molecule has 0 radical (unpaired) electrons. The molecule has 0 aromatic rings. The fraction of sp³-hybridized carbons (Fsp3) is 1.00. The Kier molecular flexibility index (Phi) is 1.42. The maximum absolute atomic E-state index is 3.83. The molecule has 0 saturated heterocycles. The van der Waals surface area contributed by atoms with Crippen molar-refractivity contribution in [2.75, 3.05) is 0 Å². The van der Waals surface area contributed by atoms with Crippen LogP contribution >= 0.6 is 15.9 Å². The Morgan fingerprint density at radius 3 is 2.64 bits per heavy atom. The summed E-state index contributed by atoms with van der Waals surface area (Å²) in [4.78, 5) is 0.895. The van der Waals surface area contributed by atoms with Gasteiger partial charge in [0.05, 0.1) is 0 Å². The van der Waals surface area contributed by atoms with E-state index in [1.165, 1.54) is 12.8 Å². The molecular weight excluding hydrogens is 200 g/mol. The molecule has 62 valence electrons. The van der Waals surface area contributed by atoms with E-state index in [1.54, 1.807) is 19.3 Å². The lowest BCUT2D eigenvalue weighted by atomic mass is 9.82. The first-order valence-electron chi connectivity index (χ1n) is 5.00. The molecule has 11 heavy (non-hydrogen) atoms. The summed E-state index contributed by atoms with van der Waals surface area (Å²) in [5, 5.41) is 0. The van der Waals surface area contributed by atoms with Crippen LogP contribution in [0.15, 0.2) is 0 Å². The third kappa shape index (κ3) is 0.811. The predicted octanol–water partition coefficient (Wildman–Crippen LogP) is 3.21. The van der Waals surface area contributed by atoms with Crippen LogP contribution in [-0.4, -0.2) is 4.83 Å². The molecule has 2 bridgehead atoms. The fourth-order valence-electron chi connectivity index (χ4n) is 3.98. The van der Waals surface area contributed by atoms with Crippen LogP contribution in [0.4, 0.5) is 0 Å². The maximum atomic E-state index is 3.83. The number of alkyl halides is 1. The molecular formula is C10H15Br. The van der Waals surface area contributed by atoms with E-state index in [9.17, 15) is 0 Å². The van der Waals surface area contributed by atoms with E-state index in [4.69, 9.17) is 0 Å². The summed E-state index contributed by atoms with van der Waals surface area (Å²) < 4.78 is 0. The molecule has 0 N–H and O–H groups in total. The first-order valence-corrected chi connectivity index (χ1v) is 5.92. The number of rotatable bonds is 0. The van der Waals surface area contributed by atoms with Gasteiger partial charge in [0.2, 0.25) is 0 Å². The zero-order valence-corrected chi connectivity index (χ0v) is 8.39. The minimum atomic E-state index is 0.895. The number of fused-ring (bicyclic) bond motifs is 5. The molecule has 0 nitrogen and oxygen atoms in total. The highest BCUT2D eigenvalue weighted by molar-refractivity contribution is 9.09. The molecule has 5 atom stereocenters. The van der Waals surface area contributed by atoms with Gasteiger partial charge in [-0.05, 0) is 49.4 Å². The van der Waals surface area contributed by atoms with Crippen LogP contribution in [0.1, 0.15) is 32.1 Å². The summed E-state index contributed by atoms with van der Waals surface area (Å²) in [5.74, 6) is 4.50. The summed E-state index contributed by atoms with van der Waals surface area (Å²) in [7, 11) is 0. The van der Waals surface area contributed by atoms with Gasteiger partial charge in [0.25, 0.3) is 0 Å². The Balaban J connectivity index is 1.90. The Bertz CT molecular complexity index is 178. The first-order chi connectivity index (χ1) is 5.36. The van der Waals surface area contributed by atoms with E-state index in [-0.39, 0.29) is 0 Å². The number of hydrogen-bond donors (Lipinski definition) is 0. The van der Waals surface area contributed by atoms with Crippen molar-refractivity contribution in [3.63, 3.8) is 0 Å². The highest BCUT2D eigenvalue weighted by Gasteiger charge is 2.52. The number of halogens is 1. The van der Waals surface area contributed by atoms with E-state index >= 15 is 0 Å². The molecule has 5 unspecified atom stereocenters. The van der Waals surface area contributed by atoms with Crippen LogP contribution in [0.5, 0.6) is 0 Å². The maximum Gasteiger partial charge on any atom is 0.0179 e. The van der Waals surface area contributed by atoms with E-state index in [1.807, 2.05) is 0 Å². The number of hydrogen-bond acceptors (Lipinski definition) is 0. The Hall–Kier alpha value is 0.480. The van der Waals surface area contributed by atoms with Gasteiger partial charge >= 0.3 is 0 Å². The van der Waals surface area contributed by atoms with E-state index in [0.717, 1.165) is 28.5 Å². The van der Waals surface area contributed by atoms with Crippen LogP contribution in [-0.2, 0) is 0 Å². The smallest absolute Gasteiger partial charge is 0.0179 e. The van der Waals surface area contributed by atoms with Crippen molar-refractivity contribution in [2.45, 2.75) is 36.9 Å². The fourth-order valence-corrected chi connectivity index (χ4v) is 5.07. The van der Waals surface area contributed by atoms with Gasteiger partial charge in [0.15, 0.2) is 0 Å². The van der Waals surface area contributed by atoms with Crippen molar-refractivity contribution in [2.24, 2.45) is 23.7 Å². The van der Waals surface area contributed by atoms with Gasteiger partial charge in [0, 0.05) is 4.83 Å². The second-order valence-corrected chi connectivity index (χ2v) is 5.85. The van der Waals surface area contributed by atoms with Crippen LogP contribution in [0.2, 0.25) is 0 Å².